The lowest BCUT2D eigenvalue weighted by molar-refractivity contribution is 0.148. The lowest BCUT2D eigenvalue weighted by Gasteiger charge is -2.32. The van der Waals surface area contributed by atoms with Crippen molar-refractivity contribution in [1.82, 2.24) is 24.8 Å². The first-order valence-corrected chi connectivity index (χ1v) is 12.1. The zero-order valence-electron chi connectivity index (χ0n) is 19.2. The number of pyridine rings is 1. The molecule has 0 unspecified atom stereocenters. The number of nitrogens with zero attached hydrogens (tertiary/aromatic N) is 5. The minimum atomic E-state index is -0.620. The number of benzene rings is 1. The molecule has 1 aromatic carbocycles. The number of amides is 1. The molecule has 4 aromatic rings. The Hall–Kier alpha value is -3.40. The molecule has 0 aliphatic carbocycles. The number of rotatable bonds is 5. The van der Waals surface area contributed by atoms with Gasteiger partial charge in [0, 0.05) is 56.9 Å². The van der Waals surface area contributed by atoms with Crippen molar-refractivity contribution in [1.29, 1.82) is 0 Å². The number of ether oxygens (including phenoxy) is 1. The summed E-state index contributed by atoms with van der Waals surface area (Å²) in [6, 6.07) is 7.46. The number of aromatic nitrogens is 3. The van der Waals surface area contributed by atoms with E-state index >= 15 is 0 Å². The molecule has 5 rings (SSSR count). The van der Waals surface area contributed by atoms with E-state index in [1.807, 2.05) is 12.1 Å². The molecule has 1 amide bonds. The Morgan fingerprint density at radius 3 is 2.50 bits per heavy atom. The van der Waals surface area contributed by atoms with Crippen molar-refractivity contribution in [3.63, 3.8) is 0 Å². The third kappa shape index (κ3) is 4.91. The van der Waals surface area contributed by atoms with Crippen LogP contribution < -0.4 is 10.1 Å². The minimum Gasteiger partial charge on any atom is -0.408 e. The van der Waals surface area contributed by atoms with E-state index in [0.717, 1.165) is 49.4 Å². The fourth-order valence-electron chi connectivity index (χ4n) is 4.05. The second kappa shape index (κ2) is 9.84. The van der Waals surface area contributed by atoms with Gasteiger partial charge in [0.2, 0.25) is 0 Å². The number of fused-ring (bicyclic) bond motifs is 1. The molecule has 1 saturated heterocycles. The fourth-order valence-corrected chi connectivity index (χ4v) is 4.90. The van der Waals surface area contributed by atoms with E-state index in [2.05, 4.69) is 54.8 Å². The molecule has 174 valence electrons. The summed E-state index contributed by atoms with van der Waals surface area (Å²) in [5, 5.41) is 6.89. The third-order valence-corrected chi connectivity index (χ3v) is 6.85. The van der Waals surface area contributed by atoms with Gasteiger partial charge >= 0.3 is 6.09 Å². The zero-order valence-corrected chi connectivity index (χ0v) is 20.0. The van der Waals surface area contributed by atoms with Gasteiger partial charge in [-0.2, -0.15) is 11.3 Å². The Morgan fingerprint density at radius 2 is 1.79 bits per heavy atom. The predicted molar refractivity (Wildman–Crippen MR) is 134 cm³/mol. The number of hydrogen-bond donors (Lipinski definition) is 1. The maximum Gasteiger partial charge on any atom is 0.418 e. The van der Waals surface area contributed by atoms with E-state index in [0.29, 0.717) is 22.6 Å². The Labute approximate surface area is 202 Å². The molecule has 0 saturated carbocycles. The van der Waals surface area contributed by atoms with Crippen molar-refractivity contribution in [2.45, 2.75) is 13.5 Å². The fraction of sp³-hybridized carbons (Fsp3) is 0.280. The smallest absolute Gasteiger partial charge is 0.408 e. The standard InChI is InChI=1S/C25H26N6O2S/c1-17-15-34-16-20(17)19-4-5-21(24-23(19)26-7-8-27-24)33-25(32)29-22-6-3-18(13-28-22)14-31-11-9-30(2)10-12-31/h3-8,13,15-16H,9-12,14H2,1-2H3,(H,28,29,32). The van der Waals surface area contributed by atoms with E-state index in [4.69, 9.17) is 4.74 Å². The zero-order chi connectivity index (χ0) is 23.5. The van der Waals surface area contributed by atoms with Gasteiger partial charge in [-0.3, -0.25) is 15.2 Å². The number of carbonyl (C=O) groups is 1. The van der Waals surface area contributed by atoms with Gasteiger partial charge in [0.1, 0.15) is 16.9 Å². The largest absolute Gasteiger partial charge is 0.418 e. The second-order valence-electron chi connectivity index (χ2n) is 8.48. The molecular weight excluding hydrogens is 448 g/mol. The molecule has 1 aliphatic rings. The normalized spacial score (nSPS) is 14.9. The number of piperazine rings is 1. The van der Waals surface area contributed by atoms with Crippen LogP contribution in [0.1, 0.15) is 11.1 Å². The molecule has 0 spiro atoms. The van der Waals surface area contributed by atoms with Crippen molar-refractivity contribution in [2.75, 3.05) is 38.5 Å². The van der Waals surface area contributed by atoms with E-state index in [1.165, 1.54) is 5.56 Å². The van der Waals surface area contributed by atoms with E-state index in [9.17, 15) is 4.79 Å². The van der Waals surface area contributed by atoms with Gasteiger partial charge in [-0.1, -0.05) is 6.07 Å². The molecule has 9 heteroatoms. The molecule has 0 radical (unpaired) electrons. The first-order valence-electron chi connectivity index (χ1n) is 11.2. The summed E-state index contributed by atoms with van der Waals surface area (Å²) >= 11 is 1.64. The second-order valence-corrected chi connectivity index (χ2v) is 9.22. The SMILES string of the molecule is Cc1cscc1-c1ccc(OC(=O)Nc2ccc(CN3CCN(C)CC3)cn2)c2nccnc12. The van der Waals surface area contributed by atoms with Crippen LogP contribution in [0.5, 0.6) is 5.75 Å². The quantitative estimate of drug-likeness (QED) is 0.458. The maximum absolute atomic E-state index is 12.6. The first kappa shape index (κ1) is 22.4. The molecule has 1 aliphatic heterocycles. The van der Waals surface area contributed by atoms with Crippen LogP contribution in [0.15, 0.2) is 53.6 Å². The molecule has 1 N–H and O–H groups in total. The highest BCUT2D eigenvalue weighted by molar-refractivity contribution is 7.08. The van der Waals surface area contributed by atoms with E-state index in [1.54, 1.807) is 42.1 Å². The van der Waals surface area contributed by atoms with Gasteiger partial charge in [0.05, 0.1) is 0 Å². The highest BCUT2D eigenvalue weighted by Crippen LogP contribution is 2.35. The van der Waals surface area contributed by atoms with Gasteiger partial charge in [-0.05, 0) is 59.6 Å². The molecule has 34 heavy (non-hydrogen) atoms. The van der Waals surface area contributed by atoms with Crippen LogP contribution in [0.25, 0.3) is 22.2 Å². The van der Waals surface area contributed by atoms with Crippen molar-refractivity contribution in [2.24, 2.45) is 0 Å². The molecule has 3 aromatic heterocycles. The molecular formula is C25H26N6O2S. The minimum absolute atomic E-state index is 0.351. The number of aryl methyl sites for hydroxylation is 1. The maximum atomic E-state index is 12.6. The van der Waals surface area contributed by atoms with Crippen molar-refractivity contribution < 1.29 is 9.53 Å². The number of hydrogen-bond acceptors (Lipinski definition) is 8. The summed E-state index contributed by atoms with van der Waals surface area (Å²) < 4.78 is 5.59. The summed E-state index contributed by atoms with van der Waals surface area (Å²) in [6.45, 7) is 7.16. The van der Waals surface area contributed by atoms with Crippen LogP contribution in [0.2, 0.25) is 0 Å². The molecule has 1 fully saturated rings. The van der Waals surface area contributed by atoms with Crippen LogP contribution in [0.4, 0.5) is 10.6 Å². The number of thiophene rings is 1. The van der Waals surface area contributed by atoms with Crippen LogP contribution in [-0.2, 0) is 6.54 Å². The lowest BCUT2D eigenvalue weighted by atomic mass is 10.0. The Morgan fingerprint density at radius 1 is 1.00 bits per heavy atom. The van der Waals surface area contributed by atoms with E-state index < -0.39 is 6.09 Å². The predicted octanol–water partition coefficient (Wildman–Crippen LogP) is 4.42. The summed E-state index contributed by atoms with van der Waals surface area (Å²) in [6.07, 6.45) is 4.42. The average Bonchev–Trinajstić information content (AvgIpc) is 3.27. The lowest BCUT2D eigenvalue weighted by Crippen LogP contribution is -2.43. The van der Waals surface area contributed by atoms with Gasteiger partial charge in [0.15, 0.2) is 5.75 Å². The molecule has 0 bridgehead atoms. The number of anilines is 1. The highest BCUT2D eigenvalue weighted by Gasteiger charge is 2.17. The Balaban J connectivity index is 1.27. The average molecular weight is 475 g/mol. The summed E-state index contributed by atoms with van der Waals surface area (Å²) in [4.78, 5) is 30.6. The summed E-state index contributed by atoms with van der Waals surface area (Å²) in [5.41, 5.74) is 5.59. The molecule has 0 atom stereocenters. The number of carbonyl (C=O) groups excluding carboxylic acids is 1. The third-order valence-electron chi connectivity index (χ3n) is 5.99. The van der Waals surface area contributed by atoms with Crippen LogP contribution >= 0.6 is 11.3 Å². The van der Waals surface area contributed by atoms with Crippen molar-refractivity contribution >= 4 is 34.3 Å². The monoisotopic (exact) mass is 474 g/mol. The van der Waals surface area contributed by atoms with Crippen molar-refractivity contribution in [3.8, 4) is 16.9 Å². The Bertz CT molecular complexity index is 1300. The summed E-state index contributed by atoms with van der Waals surface area (Å²) in [7, 11) is 2.15. The molecule has 8 nitrogen and oxygen atoms in total. The number of nitrogens with one attached hydrogen (secondary N) is 1. The number of likely N-dealkylation sites (N-methyl/N-ethyl adjacent to an activating group) is 1. The summed E-state index contributed by atoms with van der Waals surface area (Å²) in [5.74, 6) is 0.789. The van der Waals surface area contributed by atoms with Crippen molar-refractivity contribution in [3.05, 3.63) is 64.7 Å². The highest BCUT2D eigenvalue weighted by atomic mass is 32.1. The van der Waals surface area contributed by atoms with E-state index in [-0.39, 0.29) is 0 Å². The van der Waals surface area contributed by atoms with Gasteiger partial charge < -0.3 is 9.64 Å². The van der Waals surface area contributed by atoms with Crippen LogP contribution in [-0.4, -0.2) is 64.1 Å². The van der Waals surface area contributed by atoms with Crippen LogP contribution in [0.3, 0.4) is 0 Å². The molecule has 4 heterocycles. The van der Waals surface area contributed by atoms with Gasteiger partial charge in [0.25, 0.3) is 0 Å². The van der Waals surface area contributed by atoms with Crippen LogP contribution in [0, 0.1) is 6.92 Å². The topological polar surface area (TPSA) is 83.5 Å². The van der Waals surface area contributed by atoms with Gasteiger partial charge in [-0.15, -0.1) is 0 Å². The first-order chi connectivity index (χ1) is 16.6. The Kier molecular flexibility index (Phi) is 6.48. The van der Waals surface area contributed by atoms with Gasteiger partial charge in [-0.25, -0.2) is 14.8 Å².